The molecule has 1 amide bonds. The molecule has 2 aromatic carbocycles. The Hall–Kier alpha value is -3.68. The van der Waals surface area contributed by atoms with Gasteiger partial charge in [-0.05, 0) is 35.9 Å². The summed E-state index contributed by atoms with van der Waals surface area (Å²) in [5.41, 5.74) is 4.16. The molecular weight excluding hydrogens is 356 g/mol. The zero-order chi connectivity index (χ0) is 19.3. The summed E-state index contributed by atoms with van der Waals surface area (Å²) in [6.45, 7) is 1.10. The molecule has 8 nitrogen and oxygen atoms in total. The lowest BCUT2D eigenvalue weighted by molar-refractivity contribution is 0.0954. The lowest BCUT2D eigenvalue weighted by Crippen LogP contribution is -2.25. The lowest BCUT2D eigenvalue weighted by Gasteiger charge is -2.06. The van der Waals surface area contributed by atoms with Gasteiger partial charge in [0.25, 0.3) is 5.91 Å². The quantitative estimate of drug-likeness (QED) is 0.515. The first-order valence-electron chi connectivity index (χ1n) is 8.94. The number of nitrogens with zero attached hydrogens (tertiary/aromatic N) is 4. The van der Waals surface area contributed by atoms with Crippen LogP contribution in [0.2, 0.25) is 0 Å². The Morgan fingerprint density at radius 1 is 1.25 bits per heavy atom. The van der Waals surface area contributed by atoms with Gasteiger partial charge in [0.2, 0.25) is 0 Å². The van der Waals surface area contributed by atoms with Crippen molar-refractivity contribution in [2.45, 2.75) is 13.0 Å². The van der Waals surface area contributed by atoms with E-state index >= 15 is 0 Å². The number of fused-ring (bicyclic) bond motifs is 1. The molecule has 0 aliphatic heterocycles. The molecule has 142 valence electrons. The predicted octanol–water partition coefficient (Wildman–Crippen LogP) is 2.18. The number of nitrogens with one attached hydrogen (secondary N) is 2. The van der Waals surface area contributed by atoms with Gasteiger partial charge < -0.3 is 15.0 Å². The number of hydrogen-bond donors (Lipinski definition) is 2. The third kappa shape index (κ3) is 3.85. The molecule has 4 rings (SSSR count). The van der Waals surface area contributed by atoms with Crippen LogP contribution in [0.3, 0.4) is 0 Å². The number of carbonyl (C=O) groups is 1. The van der Waals surface area contributed by atoms with E-state index in [0.717, 1.165) is 22.5 Å². The summed E-state index contributed by atoms with van der Waals surface area (Å²) in [6, 6.07) is 13.3. The van der Waals surface area contributed by atoms with Crippen LogP contribution < -0.4 is 10.1 Å². The van der Waals surface area contributed by atoms with Crippen LogP contribution in [0, 0.1) is 0 Å². The molecule has 4 aromatic rings. The van der Waals surface area contributed by atoms with E-state index < -0.39 is 0 Å². The Bertz CT molecular complexity index is 1090. The van der Waals surface area contributed by atoms with E-state index in [4.69, 9.17) is 4.74 Å². The number of imidazole rings is 1. The SMILES string of the molecule is COc1cccc(Cn2nnc3cc(C(=O)NCCc4cnc[nH]4)ccc32)c1. The number of methoxy groups -OCH3 is 1. The number of H-pyrrole nitrogens is 1. The second-order valence-corrected chi connectivity index (χ2v) is 6.38. The van der Waals surface area contributed by atoms with Gasteiger partial charge in [0.15, 0.2) is 0 Å². The summed E-state index contributed by atoms with van der Waals surface area (Å²) in [5, 5.41) is 11.3. The first-order chi connectivity index (χ1) is 13.7. The van der Waals surface area contributed by atoms with Gasteiger partial charge in [-0.2, -0.15) is 0 Å². The van der Waals surface area contributed by atoms with Crippen molar-refractivity contribution < 1.29 is 9.53 Å². The molecule has 2 N–H and O–H groups in total. The number of hydrogen-bond acceptors (Lipinski definition) is 5. The summed E-state index contributed by atoms with van der Waals surface area (Å²) in [4.78, 5) is 19.4. The third-order valence-electron chi connectivity index (χ3n) is 4.48. The van der Waals surface area contributed by atoms with E-state index in [2.05, 4.69) is 25.6 Å². The van der Waals surface area contributed by atoms with Crippen molar-refractivity contribution in [2.75, 3.05) is 13.7 Å². The van der Waals surface area contributed by atoms with E-state index in [1.54, 1.807) is 31.8 Å². The smallest absolute Gasteiger partial charge is 0.251 e. The van der Waals surface area contributed by atoms with Gasteiger partial charge in [-0.15, -0.1) is 5.10 Å². The van der Waals surface area contributed by atoms with Gasteiger partial charge in [-0.1, -0.05) is 17.3 Å². The number of aromatic nitrogens is 5. The van der Waals surface area contributed by atoms with Gasteiger partial charge in [-0.3, -0.25) is 4.79 Å². The molecule has 0 unspecified atom stereocenters. The van der Waals surface area contributed by atoms with Crippen LogP contribution in [0.4, 0.5) is 0 Å². The van der Waals surface area contributed by atoms with Gasteiger partial charge in [0, 0.05) is 30.4 Å². The fourth-order valence-electron chi connectivity index (χ4n) is 3.01. The molecule has 2 heterocycles. The Labute approximate surface area is 161 Å². The second kappa shape index (κ2) is 7.91. The third-order valence-corrected chi connectivity index (χ3v) is 4.48. The van der Waals surface area contributed by atoms with Crippen LogP contribution in [-0.2, 0) is 13.0 Å². The van der Waals surface area contributed by atoms with Crippen molar-refractivity contribution >= 4 is 16.9 Å². The first-order valence-corrected chi connectivity index (χ1v) is 8.94. The Morgan fingerprint density at radius 3 is 3.00 bits per heavy atom. The largest absolute Gasteiger partial charge is 0.497 e. The van der Waals surface area contributed by atoms with Crippen LogP contribution >= 0.6 is 0 Å². The van der Waals surface area contributed by atoms with E-state index in [0.29, 0.717) is 30.6 Å². The van der Waals surface area contributed by atoms with E-state index in [9.17, 15) is 4.79 Å². The minimum absolute atomic E-state index is 0.135. The highest BCUT2D eigenvalue weighted by Crippen LogP contribution is 2.17. The highest BCUT2D eigenvalue weighted by atomic mass is 16.5. The van der Waals surface area contributed by atoms with Crippen molar-refractivity contribution in [1.29, 1.82) is 0 Å². The molecule has 8 heteroatoms. The monoisotopic (exact) mass is 376 g/mol. The van der Waals surface area contributed by atoms with Crippen molar-refractivity contribution in [2.24, 2.45) is 0 Å². The average molecular weight is 376 g/mol. The van der Waals surface area contributed by atoms with Gasteiger partial charge in [0.1, 0.15) is 11.3 Å². The maximum Gasteiger partial charge on any atom is 0.251 e. The topological polar surface area (TPSA) is 97.7 Å². The van der Waals surface area contributed by atoms with Crippen LogP contribution in [-0.4, -0.2) is 44.5 Å². The molecular formula is C20H20N6O2. The summed E-state index contributed by atoms with van der Waals surface area (Å²) in [6.07, 6.45) is 4.07. The van der Waals surface area contributed by atoms with Crippen LogP contribution in [0.15, 0.2) is 55.0 Å². The van der Waals surface area contributed by atoms with Crippen LogP contribution in [0.5, 0.6) is 5.75 Å². The maximum atomic E-state index is 12.4. The summed E-state index contributed by atoms with van der Waals surface area (Å²) in [7, 11) is 1.64. The number of benzene rings is 2. The van der Waals surface area contributed by atoms with Crippen molar-refractivity contribution in [3.63, 3.8) is 0 Å². The molecule has 0 saturated heterocycles. The lowest BCUT2D eigenvalue weighted by atomic mass is 10.1. The van der Waals surface area contributed by atoms with Crippen molar-refractivity contribution in [3.8, 4) is 5.75 Å². The van der Waals surface area contributed by atoms with Gasteiger partial charge in [0.05, 0.1) is 25.5 Å². The molecule has 0 atom stereocenters. The molecule has 0 bridgehead atoms. The van der Waals surface area contributed by atoms with Crippen LogP contribution in [0.1, 0.15) is 21.6 Å². The highest BCUT2D eigenvalue weighted by molar-refractivity contribution is 5.97. The molecule has 0 radical (unpaired) electrons. The Kier molecular flexibility index (Phi) is 5.01. The van der Waals surface area contributed by atoms with Crippen molar-refractivity contribution in [1.82, 2.24) is 30.3 Å². The second-order valence-electron chi connectivity index (χ2n) is 6.38. The fraction of sp³-hybridized carbons (Fsp3) is 0.200. The minimum Gasteiger partial charge on any atom is -0.497 e. The number of aromatic amines is 1. The van der Waals surface area contributed by atoms with E-state index in [-0.39, 0.29) is 5.91 Å². The molecule has 0 aliphatic rings. The molecule has 0 spiro atoms. The van der Waals surface area contributed by atoms with E-state index in [1.807, 2.05) is 35.0 Å². The summed E-state index contributed by atoms with van der Waals surface area (Å²) in [5.74, 6) is 0.666. The Balaban J connectivity index is 1.45. The molecule has 0 aliphatic carbocycles. The fourth-order valence-corrected chi connectivity index (χ4v) is 3.01. The highest BCUT2D eigenvalue weighted by Gasteiger charge is 2.11. The van der Waals surface area contributed by atoms with E-state index in [1.165, 1.54) is 0 Å². The standard InChI is InChI=1S/C20H20N6O2/c1-28-17-4-2-3-14(9-17)12-26-19-6-5-15(10-18(19)24-25-26)20(27)22-8-7-16-11-21-13-23-16/h2-6,9-11,13H,7-8,12H2,1H3,(H,21,23)(H,22,27). The molecule has 28 heavy (non-hydrogen) atoms. The van der Waals surface area contributed by atoms with Gasteiger partial charge in [-0.25, -0.2) is 9.67 Å². The first kappa shape index (κ1) is 17.7. The van der Waals surface area contributed by atoms with Gasteiger partial charge >= 0.3 is 0 Å². The summed E-state index contributed by atoms with van der Waals surface area (Å²) < 4.78 is 7.07. The zero-order valence-corrected chi connectivity index (χ0v) is 15.4. The summed E-state index contributed by atoms with van der Waals surface area (Å²) >= 11 is 0. The number of carbonyl (C=O) groups excluding carboxylic acids is 1. The number of ether oxygens (including phenoxy) is 1. The normalized spacial score (nSPS) is 10.9. The van der Waals surface area contributed by atoms with Crippen molar-refractivity contribution in [3.05, 3.63) is 71.8 Å². The molecule has 0 saturated carbocycles. The maximum absolute atomic E-state index is 12.4. The number of amides is 1. The molecule has 0 fully saturated rings. The minimum atomic E-state index is -0.135. The zero-order valence-electron chi connectivity index (χ0n) is 15.4. The predicted molar refractivity (Wildman–Crippen MR) is 104 cm³/mol. The Morgan fingerprint density at radius 2 is 2.18 bits per heavy atom. The number of rotatable bonds is 7. The average Bonchev–Trinajstić information content (AvgIpc) is 3.38. The molecule has 2 aromatic heterocycles. The van der Waals surface area contributed by atoms with Crippen LogP contribution in [0.25, 0.3) is 11.0 Å².